The quantitative estimate of drug-likeness (QED) is 0.274. The summed E-state index contributed by atoms with van der Waals surface area (Å²) in [5, 5.41) is 3.04. The fourth-order valence-electron chi connectivity index (χ4n) is 3.67. The zero-order valence-corrected chi connectivity index (χ0v) is 21.2. The third-order valence-corrected chi connectivity index (χ3v) is 10.8. The van der Waals surface area contributed by atoms with Crippen molar-refractivity contribution in [2.24, 2.45) is 0 Å². The number of rotatable bonds is 12. The van der Waals surface area contributed by atoms with Gasteiger partial charge in [0, 0.05) is 12.2 Å². The minimum atomic E-state index is -1.90. The van der Waals surface area contributed by atoms with Crippen molar-refractivity contribution in [1.29, 1.82) is 0 Å². The van der Waals surface area contributed by atoms with Gasteiger partial charge in [-0.15, -0.1) is 0 Å². The summed E-state index contributed by atoms with van der Waals surface area (Å²) in [6, 6.07) is 17.9. The van der Waals surface area contributed by atoms with E-state index in [-0.39, 0.29) is 16.8 Å². The zero-order valence-electron chi connectivity index (χ0n) is 20.2. The fourth-order valence-corrected chi connectivity index (χ4v) is 5.54. The lowest BCUT2D eigenvalue weighted by Crippen LogP contribution is -2.42. The summed E-state index contributed by atoms with van der Waals surface area (Å²) in [4.78, 5) is 12.7. The first-order valence-electron chi connectivity index (χ1n) is 11.6. The van der Waals surface area contributed by atoms with Crippen molar-refractivity contribution in [3.63, 3.8) is 0 Å². The molecule has 3 nitrogen and oxygen atoms in total. The third kappa shape index (κ3) is 7.71. The molecule has 1 unspecified atom stereocenters. The highest BCUT2D eigenvalue weighted by Gasteiger charge is 2.39. The first-order chi connectivity index (χ1) is 15.2. The van der Waals surface area contributed by atoms with E-state index in [9.17, 15) is 4.79 Å². The second kappa shape index (κ2) is 12.1. The number of hydrogen-bond donors (Lipinski definition) is 1. The van der Waals surface area contributed by atoms with Crippen LogP contribution in [0, 0.1) is 0 Å². The molecule has 0 aliphatic heterocycles. The van der Waals surface area contributed by atoms with E-state index in [1.165, 1.54) is 0 Å². The topological polar surface area (TPSA) is 38.3 Å². The Bertz CT molecular complexity index is 866. The van der Waals surface area contributed by atoms with Crippen LogP contribution in [0.3, 0.4) is 0 Å². The summed E-state index contributed by atoms with van der Waals surface area (Å²) >= 11 is 0. The third-order valence-electron chi connectivity index (χ3n) is 6.38. The van der Waals surface area contributed by atoms with Crippen LogP contribution in [0.2, 0.25) is 18.1 Å². The highest BCUT2D eigenvalue weighted by Crippen LogP contribution is 2.42. The molecule has 174 valence electrons. The molecule has 5 heteroatoms. The monoisotopic (exact) mass is 455 g/mol. The van der Waals surface area contributed by atoms with Crippen molar-refractivity contribution in [2.75, 3.05) is 6.61 Å². The zero-order chi connectivity index (χ0) is 23.6. The first-order valence-corrected chi connectivity index (χ1v) is 14.5. The van der Waals surface area contributed by atoms with E-state index in [0.29, 0.717) is 25.0 Å². The van der Waals surface area contributed by atoms with E-state index in [0.717, 1.165) is 18.4 Å². The minimum Gasteiger partial charge on any atom is -0.417 e. The molecule has 0 heterocycles. The highest BCUT2D eigenvalue weighted by molar-refractivity contribution is 6.74. The van der Waals surface area contributed by atoms with Gasteiger partial charge in [-0.25, -0.2) is 4.39 Å². The molecule has 0 saturated heterocycles. The fraction of sp³-hybridized carbons (Fsp3) is 0.444. The van der Waals surface area contributed by atoms with Crippen molar-refractivity contribution in [1.82, 2.24) is 5.32 Å². The van der Waals surface area contributed by atoms with Crippen molar-refractivity contribution in [3.05, 3.63) is 83.7 Å². The van der Waals surface area contributed by atoms with Gasteiger partial charge in [0.2, 0.25) is 0 Å². The van der Waals surface area contributed by atoms with E-state index >= 15 is 4.39 Å². The van der Waals surface area contributed by atoms with Crippen LogP contribution < -0.4 is 5.32 Å². The van der Waals surface area contributed by atoms with Gasteiger partial charge in [-0.05, 0) is 61.2 Å². The molecule has 1 atom stereocenters. The van der Waals surface area contributed by atoms with E-state index in [1.54, 1.807) is 30.3 Å². The van der Waals surface area contributed by atoms with Crippen molar-refractivity contribution in [2.45, 2.75) is 70.6 Å². The number of benzene rings is 2. The van der Waals surface area contributed by atoms with Crippen LogP contribution in [0.25, 0.3) is 0 Å². The summed E-state index contributed by atoms with van der Waals surface area (Å²) < 4.78 is 21.5. The summed E-state index contributed by atoms with van der Waals surface area (Å²) in [5.41, 5.74) is 1.49. The number of carbonyl (C=O) groups excluding carboxylic acids is 1. The maximum atomic E-state index is 15.2. The maximum absolute atomic E-state index is 15.2. The normalized spacial score (nSPS) is 13.6. The van der Waals surface area contributed by atoms with Crippen LogP contribution in [0.4, 0.5) is 4.39 Å². The first kappa shape index (κ1) is 26.0. The van der Waals surface area contributed by atoms with Gasteiger partial charge < -0.3 is 9.74 Å². The molecule has 2 rings (SSSR count). The molecule has 2 aromatic rings. The molecule has 32 heavy (non-hydrogen) atoms. The van der Waals surface area contributed by atoms with Crippen molar-refractivity contribution >= 4 is 14.2 Å². The largest absolute Gasteiger partial charge is 0.417 e. The van der Waals surface area contributed by atoms with Crippen molar-refractivity contribution in [3.8, 4) is 0 Å². The molecule has 1 N–H and O–H groups in total. The molecule has 0 fully saturated rings. The lowest BCUT2D eigenvalue weighted by atomic mass is 10.0. The highest BCUT2D eigenvalue weighted by atomic mass is 28.4. The summed E-state index contributed by atoms with van der Waals surface area (Å²) in [6.07, 6.45) is 4.70. The molecule has 0 radical (unpaired) electrons. The molecule has 0 saturated carbocycles. The van der Waals surface area contributed by atoms with Crippen LogP contribution in [0.5, 0.6) is 0 Å². The van der Waals surface area contributed by atoms with Crippen LogP contribution in [-0.4, -0.2) is 26.9 Å². The van der Waals surface area contributed by atoms with Crippen LogP contribution in [0.15, 0.2) is 72.6 Å². The SMILES string of the molecule is CCCC(C)(C)[Si](C)(C)OCC/C=C(/F)C(Cc1ccccc1)NC(=O)c1ccccc1. The summed E-state index contributed by atoms with van der Waals surface area (Å²) in [5.74, 6) is -0.602. The molecule has 2 aromatic carbocycles. The number of halogens is 1. The van der Waals surface area contributed by atoms with Gasteiger partial charge in [0.25, 0.3) is 5.91 Å². The number of carbonyl (C=O) groups is 1. The Balaban J connectivity index is 2.05. The summed E-state index contributed by atoms with van der Waals surface area (Å²) in [7, 11) is -1.90. The van der Waals surface area contributed by atoms with Gasteiger partial charge in [0.1, 0.15) is 5.83 Å². The maximum Gasteiger partial charge on any atom is 0.251 e. The Labute approximate surface area is 194 Å². The van der Waals surface area contributed by atoms with Crippen LogP contribution in [0.1, 0.15) is 56.0 Å². The van der Waals surface area contributed by atoms with E-state index in [1.807, 2.05) is 36.4 Å². The Morgan fingerprint density at radius 3 is 2.28 bits per heavy atom. The van der Waals surface area contributed by atoms with Crippen LogP contribution in [-0.2, 0) is 10.8 Å². The molecule has 0 spiro atoms. The van der Waals surface area contributed by atoms with Gasteiger partial charge >= 0.3 is 0 Å². The second-order valence-corrected chi connectivity index (χ2v) is 14.1. The Kier molecular flexibility index (Phi) is 9.85. The lowest BCUT2D eigenvalue weighted by molar-refractivity contribution is 0.0938. The standard InChI is InChI=1S/C27H38FNO2Si/c1-6-19-27(2,3)32(4,5)31-20-13-18-24(28)25(21-22-14-9-7-10-15-22)29-26(30)23-16-11-8-12-17-23/h7-12,14-18,25H,6,13,19-21H2,1-5H3,(H,29,30)/b24-18+. The smallest absolute Gasteiger partial charge is 0.251 e. The van der Waals surface area contributed by atoms with Gasteiger partial charge in [-0.3, -0.25) is 4.79 Å². The predicted molar refractivity (Wildman–Crippen MR) is 134 cm³/mol. The average molecular weight is 456 g/mol. The molecule has 0 bridgehead atoms. The molecule has 0 aromatic heterocycles. The molecule has 1 amide bonds. The summed E-state index contributed by atoms with van der Waals surface area (Å²) in [6.45, 7) is 11.7. The average Bonchev–Trinajstić information content (AvgIpc) is 2.77. The van der Waals surface area contributed by atoms with Gasteiger partial charge in [0.05, 0.1) is 6.04 Å². The molecular formula is C27H38FNO2Si. The molecular weight excluding hydrogens is 417 g/mol. The number of nitrogens with one attached hydrogen (secondary N) is 1. The van der Waals surface area contributed by atoms with E-state index in [2.05, 4.69) is 39.2 Å². The molecule has 0 aliphatic rings. The lowest BCUT2D eigenvalue weighted by Gasteiger charge is -2.39. The minimum absolute atomic E-state index is 0.170. The van der Waals surface area contributed by atoms with Gasteiger partial charge in [0.15, 0.2) is 8.32 Å². The number of amides is 1. The Morgan fingerprint density at radius 1 is 1.09 bits per heavy atom. The predicted octanol–water partition coefficient (Wildman–Crippen LogP) is 7.07. The Hall–Kier alpha value is -2.24. The Morgan fingerprint density at radius 2 is 1.69 bits per heavy atom. The van der Waals surface area contributed by atoms with Gasteiger partial charge in [-0.2, -0.15) is 0 Å². The van der Waals surface area contributed by atoms with Crippen LogP contribution >= 0.6 is 0 Å². The molecule has 0 aliphatic carbocycles. The van der Waals surface area contributed by atoms with E-state index < -0.39 is 14.4 Å². The van der Waals surface area contributed by atoms with Crippen molar-refractivity contribution < 1.29 is 13.6 Å². The number of hydrogen-bond acceptors (Lipinski definition) is 2. The van der Waals surface area contributed by atoms with E-state index in [4.69, 9.17) is 4.43 Å². The van der Waals surface area contributed by atoms with Gasteiger partial charge in [-0.1, -0.05) is 75.7 Å². The second-order valence-electron chi connectivity index (χ2n) is 9.45.